The predicted octanol–water partition coefficient (Wildman–Crippen LogP) is 10.3. The van der Waals surface area contributed by atoms with Crippen molar-refractivity contribution in [3.05, 3.63) is 0 Å². The molecule has 44 heavy (non-hydrogen) atoms. The highest BCUT2D eigenvalue weighted by Crippen LogP contribution is 2.15. The van der Waals surface area contributed by atoms with Gasteiger partial charge in [0.25, 0.3) is 0 Å². The van der Waals surface area contributed by atoms with Crippen molar-refractivity contribution >= 4 is 22.1 Å². The normalized spacial score (nSPS) is 12.3. The highest BCUT2D eigenvalue weighted by Gasteiger charge is 2.30. The van der Waals surface area contributed by atoms with Crippen LogP contribution in [0.4, 0.5) is 0 Å². The summed E-state index contributed by atoms with van der Waals surface area (Å²) >= 11 is 0. The predicted molar refractivity (Wildman–Crippen MR) is 181 cm³/mol. The van der Waals surface area contributed by atoms with E-state index in [1.54, 1.807) is 0 Å². The molecule has 0 bridgehead atoms. The van der Waals surface area contributed by atoms with Gasteiger partial charge < -0.3 is 14.0 Å². The Bertz CT molecular complexity index is 754. The molecule has 0 aliphatic rings. The van der Waals surface area contributed by atoms with Crippen molar-refractivity contribution in [2.75, 3.05) is 13.2 Å². The molecule has 7 nitrogen and oxygen atoms in total. The van der Waals surface area contributed by atoms with Crippen LogP contribution in [0.15, 0.2) is 0 Å². The minimum atomic E-state index is -5.02. The second-order valence-electron chi connectivity index (χ2n) is 12.8. The van der Waals surface area contributed by atoms with E-state index in [-0.39, 0.29) is 13.2 Å². The molecule has 1 unspecified atom stereocenters. The lowest BCUT2D eigenvalue weighted by atomic mass is 10.0. The second-order valence-corrected chi connectivity index (χ2v) is 14.3. The molecule has 262 valence electrons. The molecule has 0 aliphatic heterocycles. The van der Waals surface area contributed by atoms with Gasteiger partial charge in [0.2, 0.25) is 0 Å². The lowest BCUT2D eigenvalue weighted by molar-refractivity contribution is -0.150. The fraction of sp³-hybridized carbons (Fsp3) is 0.944. The third kappa shape index (κ3) is 29.6. The van der Waals surface area contributed by atoms with E-state index < -0.39 is 33.7 Å². The van der Waals surface area contributed by atoms with Gasteiger partial charge >= 0.3 is 11.9 Å². The third-order valence-corrected chi connectivity index (χ3v) is 9.52. The summed E-state index contributed by atoms with van der Waals surface area (Å²) in [5, 5.41) is -2.04. The van der Waals surface area contributed by atoms with Gasteiger partial charge in [0.1, 0.15) is 10.1 Å². The van der Waals surface area contributed by atoms with Gasteiger partial charge in [0.15, 0.2) is 5.25 Å². The van der Waals surface area contributed by atoms with E-state index >= 15 is 0 Å². The summed E-state index contributed by atoms with van der Waals surface area (Å²) in [5.74, 6) is -2.00. The van der Waals surface area contributed by atoms with E-state index in [0.717, 1.165) is 38.5 Å². The number of unbranched alkanes of at least 4 members (excludes halogenated alkanes) is 26. The number of carbonyl (C=O) groups excluding carboxylic acids is 2. The van der Waals surface area contributed by atoms with E-state index in [4.69, 9.17) is 9.47 Å². The van der Waals surface area contributed by atoms with E-state index in [1.807, 2.05) is 0 Å². The molecule has 0 N–H and O–H groups in total. The highest BCUT2D eigenvalue weighted by molar-refractivity contribution is 7.87. The molecule has 0 spiro atoms. The molecule has 8 heteroatoms. The zero-order valence-corrected chi connectivity index (χ0v) is 29.6. The van der Waals surface area contributed by atoms with Gasteiger partial charge in [-0.15, -0.1) is 0 Å². The molecule has 0 aliphatic carbocycles. The van der Waals surface area contributed by atoms with Crippen LogP contribution in [0.1, 0.15) is 200 Å². The molecule has 0 aromatic carbocycles. The van der Waals surface area contributed by atoms with Crippen molar-refractivity contribution in [2.45, 2.75) is 205 Å². The van der Waals surface area contributed by atoms with Crippen LogP contribution < -0.4 is 0 Å². The third-order valence-electron chi connectivity index (χ3n) is 8.47. The minimum absolute atomic E-state index is 0.0526. The Labute approximate surface area is 272 Å². The number of hydrogen-bond donors (Lipinski definition) is 0. The van der Waals surface area contributed by atoms with Crippen LogP contribution in [0.25, 0.3) is 0 Å². The molecule has 0 heterocycles. The van der Waals surface area contributed by atoms with E-state index in [9.17, 15) is 22.6 Å². The molecule has 0 saturated carbocycles. The van der Waals surface area contributed by atoms with E-state index in [0.29, 0.717) is 12.8 Å². The second kappa shape index (κ2) is 31.8. The molecule has 0 amide bonds. The van der Waals surface area contributed by atoms with Gasteiger partial charge in [-0.1, -0.05) is 181 Å². The Kier molecular flexibility index (Phi) is 31.0. The molecule has 0 fully saturated rings. The van der Waals surface area contributed by atoms with E-state index in [2.05, 4.69) is 13.8 Å². The molecule has 0 aromatic heterocycles. The molecule has 0 rings (SSSR count). The maximum absolute atomic E-state index is 12.3. The fourth-order valence-electron chi connectivity index (χ4n) is 5.56. The van der Waals surface area contributed by atoms with Crippen LogP contribution in [-0.4, -0.2) is 43.4 Å². The summed E-state index contributed by atoms with van der Waals surface area (Å²) in [4.78, 5) is 24.4. The molecule has 0 aromatic rings. The lowest BCUT2D eigenvalue weighted by Crippen LogP contribution is -2.34. The Balaban J connectivity index is 3.78. The van der Waals surface area contributed by atoms with Crippen molar-refractivity contribution < 1.29 is 32.0 Å². The Morgan fingerprint density at radius 1 is 0.477 bits per heavy atom. The lowest BCUT2D eigenvalue weighted by Gasteiger charge is -2.18. The van der Waals surface area contributed by atoms with Gasteiger partial charge in [0.05, 0.1) is 19.6 Å². The molecule has 0 saturated heterocycles. The van der Waals surface area contributed by atoms with Crippen molar-refractivity contribution in [3.8, 4) is 0 Å². The van der Waals surface area contributed by atoms with Crippen LogP contribution >= 0.6 is 0 Å². The van der Waals surface area contributed by atoms with Crippen LogP contribution in [0.2, 0.25) is 0 Å². The van der Waals surface area contributed by atoms with Gasteiger partial charge in [0, 0.05) is 0 Å². The standard InChI is InChI=1S/C36H70O7S/c1-3-5-7-9-11-13-15-17-19-21-23-25-27-29-31-42-35(37)33-34(44(39,40)41)36(38)43-32-30-28-26-24-22-20-18-16-14-12-10-8-6-4-2/h34H,3-33H2,1-2H3,(H,39,40,41)/p-1. The van der Waals surface area contributed by atoms with Gasteiger partial charge in [-0.25, -0.2) is 8.42 Å². The van der Waals surface area contributed by atoms with Crippen molar-refractivity contribution in [3.63, 3.8) is 0 Å². The number of rotatable bonds is 34. The largest absolute Gasteiger partial charge is 0.747 e. The molecule has 1 atom stereocenters. The average Bonchev–Trinajstić information content (AvgIpc) is 2.99. The SMILES string of the molecule is CCCCCCCCCCCCCCCCOC(=O)CC(C(=O)OCCCCCCCCCCCCCCCC)S(=O)(=O)[O-]. The van der Waals surface area contributed by atoms with E-state index in [1.165, 1.54) is 128 Å². The van der Waals surface area contributed by atoms with Gasteiger partial charge in [-0.3, -0.25) is 9.59 Å². The van der Waals surface area contributed by atoms with Crippen molar-refractivity contribution in [2.24, 2.45) is 0 Å². The number of ether oxygens (including phenoxy) is 2. The number of esters is 2. The topological polar surface area (TPSA) is 110 Å². The fourth-order valence-corrected chi connectivity index (χ4v) is 6.20. The van der Waals surface area contributed by atoms with Gasteiger partial charge in [-0.2, -0.15) is 0 Å². The Hall–Kier alpha value is -1.15. The molecular weight excluding hydrogens is 576 g/mol. The first-order valence-corrected chi connectivity index (χ1v) is 20.1. The molecular formula is C36H69O7S-. The first kappa shape index (κ1) is 42.9. The van der Waals surface area contributed by atoms with Gasteiger partial charge in [-0.05, 0) is 12.8 Å². The Morgan fingerprint density at radius 3 is 1.05 bits per heavy atom. The zero-order valence-electron chi connectivity index (χ0n) is 28.8. The molecule has 0 radical (unpaired) electrons. The first-order chi connectivity index (χ1) is 21.3. The Morgan fingerprint density at radius 2 is 0.750 bits per heavy atom. The first-order valence-electron chi connectivity index (χ1n) is 18.6. The summed E-state index contributed by atoms with van der Waals surface area (Å²) in [7, 11) is -5.02. The quantitative estimate of drug-likeness (QED) is 0.0389. The summed E-state index contributed by atoms with van der Waals surface area (Å²) in [6.07, 6.45) is 33.1. The van der Waals surface area contributed by atoms with Crippen LogP contribution in [0.3, 0.4) is 0 Å². The maximum Gasteiger partial charge on any atom is 0.323 e. The summed E-state index contributed by atoms with van der Waals surface area (Å²) in [6.45, 7) is 4.70. The number of hydrogen-bond acceptors (Lipinski definition) is 7. The summed E-state index contributed by atoms with van der Waals surface area (Å²) < 4.78 is 45.0. The maximum atomic E-state index is 12.3. The highest BCUT2D eigenvalue weighted by atomic mass is 32.2. The monoisotopic (exact) mass is 645 g/mol. The minimum Gasteiger partial charge on any atom is -0.747 e. The average molecular weight is 646 g/mol. The zero-order chi connectivity index (χ0) is 32.6. The summed E-state index contributed by atoms with van der Waals surface area (Å²) in [5.41, 5.74) is 0. The van der Waals surface area contributed by atoms with Crippen molar-refractivity contribution in [1.29, 1.82) is 0 Å². The van der Waals surface area contributed by atoms with Crippen LogP contribution in [0, 0.1) is 0 Å². The number of carbonyl (C=O) groups is 2. The summed E-state index contributed by atoms with van der Waals surface area (Å²) in [6, 6.07) is 0. The smallest absolute Gasteiger partial charge is 0.323 e. The van der Waals surface area contributed by atoms with Crippen LogP contribution in [-0.2, 0) is 29.2 Å². The van der Waals surface area contributed by atoms with Crippen molar-refractivity contribution in [1.82, 2.24) is 0 Å². The van der Waals surface area contributed by atoms with Crippen LogP contribution in [0.5, 0.6) is 0 Å².